The number of hydrogen-bond donors (Lipinski definition) is 2. The van der Waals surface area contributed by atoms with E-state index < -0.39 is 0 Å². The van der Waals surface area contributed by atoms with Gasteiger partial charge in [-0.25, -0.2) is 0 Å². The van der Waals surface area contributed by atoms with Crippen molar-refractivity contribution in [3.05, 3.63) is 0 Å². The first-order chi connectivity index (χ1) is 9.65. The first kappa shape index (κ1) is 17.3. The molecule has 4 nitrogen and oxygen atoms in total. The Morgan fingerprint density at radius 1 is 1.35 bits per heavy atom. The van der Waals surface area contributed by atoms with Crippen molar-refractivity contribution in [2.45, 2.75) is 46.5 Å². The number of rotatable bonds is 7. The van der Waals surface area contributed by atoms with Crippen LogP contribution in [-0.4, -0.2) is 50.6 Å². The third-order valence-corrected chi connectivity index (χ3v) is 4.08. The van der Waals surface area contributed by atoms with Crippen molar-refractivity contribution < 1.29 is 0 Å². The molecule has 0 bridgehead atoms. The zero-order valence-electron chi connectivity index (χ0n) is 13.9. The van der Waals surface area contributed by atoms with Gasteiger partial charge < -0.3 is 15.5 Å². The number of likely N-dealkylation sites (tertiary alicyclic amines) is 1. The highest BCUT2D eigenvalue weighted by molar-refractivity contribution is 5.79. The summed E-state index contributed by atoms with van der Waals surface area (Å²) in [5.74, 6) is 2.51. The molecular formula is C16H34N4. The lowest BCUT2D eigenvalue weighted by atomic mass is 9.98. The number of aliphatic imine (C=N–C) groups is 1. The normalized spacial score (nSPS) is 21.2. The summed E-state index contributed by atoms with van der Waals surface area (Å²) in [7, 11) is 1.86. The fourth-order valence-corrected chi connectivity index (χ4v) is 2.78. The van der Waals surface area contributed by atoms with Crippen molar-refractivity contribution in [3.63, 3.8) is 0 Å². The van der Waals surface area contributed by atoms with Crippen LogP contribution in [0.25, 0.3) is 0 Å². The molecule has 0 spiro atoms. The first-order valence-corrected chi connectivity index (χ1v) is 8.32. The highest BCUT2D eigenvalue weighted by Gasteiger charge is 2.18. The molecule has 0 aromatic rings. The van der Waals surface area contributed by atoms with Gasteiger partial charge in [0.1, 0.15) is 0 Å². The second-order valence-corrected chi connectivity index (χ2v) is 6.32. The summed E-state index contributed by atoms with van der Waals surface area (Å²) in [5.41, 5.74) is 0. The highest BCUT2D eigenvalue weighted by Crippen LogP contribution is 2.15. The molecule has 1 saturated heterocycles. The largest absolute Gasteiger partial charge is 0.356 e. The summed E-state index contributed by atoms with van der Waals surface area (Å²) in [5, 5.41) is 6.90. The topological polar surface area (TPSA) is 39.7 Å². The molecule has 1 fully saturated rings. The predicted octanol–water partition coefficient (Wildman–Crippen LogP) is 2.32. The van der Waals surface area contributed by atoms with Crippen molar-refractivity contribution in [3.8, 4) is 0 Å². The Morgan fingerprint density at radius 2 is 2.15 bits per heavy atom. The molecule has 0 aliphatic carbocycles. The van der Waals surface area contributed by atoms with E-state index in [0.29, 0.717) is 0 Å². The molecule has 1 unspecified atom stereocenters. The number of nitrogens with one attached hydrogen (secondary N) is 2. The fourth-order valence-electron chi connectivity index (χ4n) is 2.78. The van der Waals surface area contributed by atoms with E-state index >= 15 is 0 Å². The number of hydrogen-bond acceptors (Lipinski definition) is 2. The van der Waals surface area contributed by atoms with Crippen LogP contribution < -0.4 is 10.6 Å². The molecule has 2 N–H and O–H groups in total. The van der Waals surface area contributed by atoms with E-state index in [1.165, 1.54) is 45.3 Å². The van der Waals surface area contributed by atoms with Gasteiger partial charge in [-0.15, -0.1) is 0 Å². The summed E-state index contributed by atoms with van der Waals surface area (Å²) in [6, 6.07) is 0. The summed E-state index contributed by atoms with van der Waals surface area (Å²) in [6.07, 6.45) is 5.16. The summed E-state index contributed by atoms with van der Waals surface area (Å²) in [6.45, 7) is 12.5. The number of guanidine groups is 1. The van der Waals surface area contributed by atoms with E-state index in [1.54, 1.807) is 0 Å². The average Bonchev–Trinajstić information content (AvgIpc) is 2.46. The molecule has 0 radical (unpaired) electrons. The van der Waals surface area contributed by atoms with E-state index in [1.807, 2.05) is 7.05 Å². The Balaban J connectivity index is 2.17. The third-order valence-electron chi connectivity index (χ3n) is 4.08. The molecule has 1 aliphatic rings. The van der Waals surface area contributed by atoms with Gasteiger partial charge in [0.2, 0.25) is 0 Å². The number of nitrogens with zero attached hydrogens (tertiary/aromatic N) is 2. The van der Waals surface area contributed by atoms with Gasteiger partial charge in [-0.3, -0.25) is 4.99 Å². The van der Waals surface area contributed by atoms with E-state index in [-0.39, 0.29) is 0 Å². The smallest absolute Gasteiger partial charge is 0.190 e. The zero-order valence-corrected chi connectivity index (χ0v) is 13.9. The van der Waals surface area contributed by atoms with Crippen molar-refractivity contribution >= 4 is 5.96 Å². The summed E-state index contributed by atoms with van der Waals surface area (Å²) < 4.78 is 0. The molecule has 0 aromatic carbocycles. The van der Waals surface area contributed by atoms with Crippen LogP contribution in [0, 0.1) is 11.8 Å². The molecule has 20 heavy (non-hydrogen) atoms. The van der Waals surface area contributed by atoms with Crippen LogP contribution >= 0.6 is 0 Å². The van der Waals surface area contributed by atoms with Gasteiger partial charge in [-0.1, -0.05) is 20.8 Å². The van der Waals surface area contributed by atoms with Gasteiger partial charge >= 0.3 is 0 Å². The van der Waals surface area contributed by atoms with Gasteiger partial charge in [-0.2, -0.15) is 0 Å². The Bertz CT molecular complexity index is 276. The third kappa shape index (κ3) is 7.13. The zero-order chi connectivity index (χ0) is 14.8. The Labute approximate surface area is 125 Å². The maximum atomic E-state index is 4.31. The van der Waals surface area contributed by atoms with Gasteiger partial charge in [-0.05, 0) is 50.6 Å². The van der Waals surface area contributed by atoms with Crippen LogP contribution in [0.3, 0.4) is 0 Å². The maximum absolute atomic E-state index is 4.31. The van der Waals surface area contributed by atoms with Crippen LogP contribution in [0.15, 0.2) is 4.99 Å². The second kappa shape index (κ2) is 10.0. The molecule has 1 rings (SSSR count). The molecule has 0 amide bonds. The van der Waals surface area contributed by atoms with Crippen molar-refractivity contribution in [2.24, 2.45) is 16.8 Å². The van der Waals surface area contributed by atoms with Gasteiger partial charge in [0, 0.05) is 26.7 Å². The number of piperidine rings is 1. The van der Waals surface area contributed by atoms with E-state index in [2.05, 4.69) is 41.3 Å². The molecule has 1 heterocycles. The Kier molecular flexibility index (Phi) is 8.67. The lowest BCUT2D eigenvalue weighted by Gasteiger charge is -2.32. The molecule has 1 atom stereocenters. The van der Waals surface area contributed by atoms with Gasteiger partial charge in [0.15, 0.2) is 5.96 Å². The Morgan fingerprint density at radius 3 is 2.80 bits per heavy atom. The minimum Gasteiger partial charge on any atom is -0.356 e. The summed E-state index contributed by atoms with van der Waals surface area (Å²) in [4.78, 5) is 6.86. The summed E-state index contributed by atoms with van der Waals surface area (Å²) >= 11 is 0. The van der Waals surface area contributed by atoms with E-state index in [9.17, 15) is 0 Å². The fraction of sp³-hybridized carbons (Fsp3) is 0.938. The van der Waals surface area contributed by atoms with Crippen LogP contribution in [0.4, 0.5) is 0 Å². The van der Waals surface area contributed by atoms with Crippen LogP contribution in [0.1, 0.15) is 46.5 Å². The SMILES string of the molecule is CCN1CCCC(CNC(=NC)NCCCC(C)C)C1. The molecule has 118 valence electrons. The predicted molar refractivity (Wildman–Crippen MR) is 88.3 cm³/mol. The highest BCUT2D eigenvalue weighted by atomic mass is 15.2. The van der Waals surface area contributed by atoms with Gasteiger partial charge in [0.25, 0.3) is 0 Å². The molecule has 4 heteroatoms. The molecule has 0 aromatic heterocycles. The standard InChI is InChI=1S/C16H34N4/c1-5-20-11-7-9-15(13-20)12-19-16(17-4)18-10-6-8-14(2)3/h14-15H,5-13H2,1-4H3,(H2,17,18,19). The average molecular weight is 282 g/mol. The van der Waals surface area contributed by atoms with Crippen LogP contribution in [-0.2, 0) is 0 Å². The van der Waals surface area contributed by atoms with Crippen molar-refractivity contribution in [2.75, 3.05) is 39.8 Å². The Hall–Kier alpha value is -0.770. The molecular weight excluding hydrogens is 248 g/mol. The second-order valence-electron chi connectivity index (χ2n) is 6.32. The van der Waals surface area contributed by atoms with E-state index in [4.69, 9.17) is 0 Å². The van der Waals surface area contributed by atoms with Crippen LogP contribution in [0.2, 0.25) is 0 Å². The quantitative estimate of drug-likeness (QED) is 0.428. The molecule has 0 saturated carbocycles. The van der Waals surface area contributed by atoms with Crippen molar-refractivity contribution in [1.82, 2.24) is 15.5 Å². The molecule has 1 aliphatic heterocycles. The van der Waals surface area contributed by atoms with Crippen LogP contribution in [0.5, 0.6) is 0 Å². The monoisotopic (exact) mass is 282 g/mol. The van der Waals surface area contributed by atoms with Crippen molar-refractivity contribution in [1.29, 1.82) is 0 Å². The lowest BCUT2D eigenvalue weighted by Crippen LogP contribution is -2.44. The lowest BCUT2D eigenvalue weighted by molar-refractivity contribution is 0.183. The van der Waals surface area contributed by atoms with E-state index in [0.717, 1.165) is 30.9 Å². The van der Waals surface area contributed by atoms with Gasteiger partial charge in [0.05, 0.1) is 0 Å². The maximum Gasteiger partial charge on any atom is 0.190 e. The minimum atomic E-state index is 0.762. The minimum absolute atomic E-state index is 0.762. The first-order valence-electron chi connectivity index (χ1n) is 8.32.